The Hall–Kier alpha value is -1.98. The highest BCUT2D eigenvalue weighted by Crippen LogP contribution is 2.21. The molecule has 0 aliphatic carbocycles. The minimum absolute atomic E-state index is 0.245. The van der Waals surface area contributed by atoms with E-state index in [1.165, 1.54) is 19.2 Å². The number of carbonyl (C=O) groups excluding carboxylic acids is 1. The summed E-state index contributed by atoms with van der Waals surface area (Å²) in [5.41, 5.74) is 2.25. The number of benzene rings is 2. The Morgan fingerprint density at radius 3 is 1.89 bits per heavy atom. The first-order valence-corrected chi connectivity index (χ1v) is 6.57. The lowest BCUT2D eigenvalue weighted by Gasteiger charge is -2.07. The number of hydrogen-bond acceptors (Lipinski definition) is 4. The molecule has 1 unspecified atom stereocenters. The summed E-state index contributed by atoms with van der Waals surface area (Å²) in [5, 5.41) is 0. The molecule has 0 aliphatic heterocycles. The van der Waals surface area contributed by atoms with Crippen LogP contribution in [-0.2, 0) is 15.8 Å². The number of ether oxygens (including phenoxy) is 1. The van der Waals surface area contributed by atoms with Crippen molar-refractivity contribution in [3.05, 3.63) is 54.1 Å². The van der Waals surface area contributed by atoms with Crippen LogP contribution in [0.3, 0.4) is 0 Å². The zero-order chi connectivity index (χ0) is 13.8. The van der Waals surface area contributed by atoms with Gasteiger partial charge in [-0.2, -0.15) is 0 Å². The van der Waals surface area contributed by atoms with E-state index in [-0.39, 0.29) is 10.9 Å². The molecule has 0 saturated heterocycles. The highest BCUT2D eigenvalue weighted by molar-refractivity contribution is 7.79. The largest absolute Gasteiger partial charge is 0.768 e. The second-order valence-corrected chi connectivity index (χ2v) is 4.77. The van der Waals surface area contributed by atoms with E-state index in [0.717, 1.165) is 11.1 Å². The SMILES string of the molecule is COC(=O)c1ccc(-c2ccc(S(=O)[O-])cc2)cc1. The molecule has 0 fully saturated rings. The van der Waals surface area contributed by atoms with Crippen molar-refractivity contribution in [2.75, 3.05) is 7.11 Å². The van der Waals surface area contributed by atoms with Gasteiger partial charge in [0, 0.05) is 4.90 Å². The van der Waals surface area contributed by atoms with Crippen molar-refractivity contribution in [3.63, 3.8) is 0 Å². The van der Waals surface area contributed by atoms with Crippen LogP contribution < -0.4 is 0 Å². The molecule has 2 aromatic rings. The normalized spacial score (nSPS) is 11.9. The highest BCUT2D eigenvalue weighted by atomic mass is 32.2. The molecular weight excluding hydrogens is 264 g/mol. The number of methoxy groups -OCH3 is 1. The van der Waals surface area contributed by atoms with Crippen molar-refractivity contribution in [2.24, 2.45) is 0 Å². The molecule has 0 bridgehead atoms. The van der Waals surface area contributed by atoms with Crippen LogP contribution >= 0.6 is 0 Å². The average Bonchev–Trinajstić information content (AvgIpc) is 2.46. The van der Waals surface area contributed by atoms with Crippen LogP contribution in [0.4, 0.5) is 0 Å². The van der Waals surface area contributed by atoms with Gasteiger partial charge in [0.2, 0.25) is 0 Å². The van der Waals surface area contributed by atoms with Crippen molar-refractivity contribution in [2.45, 2.75) is 4.90 Å². The maximum atomic E-state index is 11.3. The maximum Gasteiger partial charge on any atom is 0.337 e. The summed E-state index contributed by atoms with van der Waals surface area (Å²) in [6.45, 7) is 0. The van der Waals surface area contributed by atoms with E-state index in [4.69, 9.17) is 0 Å². The van der Waals surface area contributed by atoms with E-state index in [0.29, 0.717) is 5.56 Å². The van der Waals surface area contributed by atoms with Crippen LogP contribution in [0.2, 0.25) is 0 Å². The average molecular weight is 275 g/mol. The Morgan fingerprint density at radius 2 is 1.47 bits per heavy atom. The van der Waals surface area contributed by atoms with Crippen LogP contribution in [0.15, 0.2) is 53.4 Å². The lowest BCUT2D eigenvalue weighted by molar-refractivity contribution is 0.0601. The smallest absolute Gasteiger partial charge is 0.337 e. The van der Waals surface area contributed by atoms with Gasteiger partial charge in [0.15, 0.2) is 0 Å². The summed E-state index contributed by atoms with van der Waals surface area (Å²) in [6, 6.07) is 13.4. The fourth-order valence-electron chi connectivity index (χ4n) is 1.68. The summed E-state index contributed by atoms with van der Waals surface area (Å²) >= 11 is -2.22. The molecule has 0 N–H and O–H groups in total. The van der Waals surface area contributed by atoms with Crippen molar-refractivity contribution in [1.29, 1.82) is 0 Å². The third-order valence-corrected chi connectivity index (χ3v) is 3.34. The number of carbonyl (C=O) groups is 1. The van der Waals surface area contributed by atoms with Crippen LogP contribution in [0.25, 0.3) is 11.1 Å². The highest BCUT2D eigenvalue weighted by Gasteiger charge is 2.05. The summed E-state index contributed by atoms with van der Waals surface area (Å²) in [4.78, 5) is 11.5. The van der Waals surface area contributed by atoms with E-state index in [1.807, 2.05) is 0 Å². The Bertz CT molecular complexity index is 602. The first-order chi connectivity index (χ1) is 9.11. The van der Waals surface area contributed by atoms with Gasteiger partial charge in [-0.25, -0.2) is 4.79 Å². The second-order valence-electron chi connectivity index (χ2n) is 3.83. The third-order valence-electron chi connectivity index (χ3n) is 2.69. The standard InChI is InChI=1S/C14H12O4S/c1-18-14(15)12-4-2-10(3-5-12)11-6-8-13(9-7-11)19(16)17/h2-9H,1H3,(H,16,17)/p-1. The van der Waals surface area contributed by atoms with E-state index in [2.05, 4.69) is 4.74 Å². The minimum Gasteiger partial charge on any atom is -0.768 e. The van der Waals surface area contributed by atoms with Gasteiger partial charge >= 0.3 is 5.97 Å². The number of esters is 1. The molecule has 4 nitrogen and oxygen atoms in total. The van der Waals surface area contributed by atoms with Crippen molar-refractivity contribution in [3.8, 4) is 11.1 Å². The van der Waals surface area contributed by atoms with Gasteiger partial charge < -0.3 is 9.29 Å². The molecule has 19 heavy (non-hydrogen) atoms. The first-order valence-electron chi connectivity index (χ1n) is 5.50. The molecule has 5 heteroatoms. The summed E-state index contributed by atoms with van der Waals surface area (Å²) in [7, 11) is 1.33. The van der Waals surface area contributed by atoms with Crippen molar-refractivity contribution in [1.82, 2.24) is 0 Å². The van der Waals surface area contributed by atoms with Crippen LogP contribution in [0, 0.1) is 0 Å². The van der Waals surface area contributed by atoms with E-state index in [1.54, 1.807) is 36.4 Å². The van der Waals surface area contributed by atoms with Crippen LogP contribution in [-0.4, -0.2) is 21.8 Å². The summed E-state index contributed by atoms with van der Waals surface area (Å²) < 4.78 is 26.1. The maximum absolute atomic E-state index is 11.3. The zero-order valence-corrected chi connectivity index (χ0v) is 11.0. The predicted molar refractivity (Wildman–Crippen MR) is 70.4 cm³/mol. The quantitative estimate of drug-likeness (QED) is 0.637. The molecule has 0 aliphatic rings. The molecule has 0 aromatic heterocycles. The summed E-state index contributed by atoms with van der Waals surface area (Å²) in [5.74, 6) is -0.386. The molecule has 0 heterocycles. The van der Waals surface area contributed by atoms with E-state index < -0.39 is 11.1 Å². The third kappa shape index (κ3) is 3.07. The molecule has 0 spiro atoms. The van der Waals surface area contributed by atoms with Gasteiger partial charge in [-0.15, -0.1) is 0 Å². The molecule has 2 rings (SSSR count). The Kier molecular flexibility index (Phi) is 4.09. The topological polar surface area (TPSA) is 66.4 Å². The van der Waals surface area contributed by atoms with Gasteiger partial charge in [-0.05, 0) is 46.5 Å². The zero-order valence-electron chi connectivity index (χ0n) is 10.2. The van der Waals surface area contributed by atoms with Gasteiger partial charge in [0.1, 0.15) is 0 Å². The monoisotopic (exact) mass is 275 g/mol. The molecular formula is C14H11O4S-. The van der Waals surface area contributed by atoms with Crippen LogP contribution in [0.1, 0.15) is 10.4 Å². The molecule has 98 valence electrons. The molecule has 1 atom stereocenters. The Balaban J connectivity index is 2.27. The fraction of sp³-hybridized carbons (Fsp3) is 0.0714. The van der Waals surface area contributed by atoms with Crippen molar-refractivity contribution < 1.29 is 18.3 Å². The Labute approximate surface area is 113 Å². The van der Waals surface area contributed by atoms with Gasteiger partial charge in [0.25, 0.3) is 0 Å². The summed E-state index contributed by atoms with van der Waals surface area (Å²) in [6.07, 6.45) is 0. The first kappa shape index (κ1) is 13.5. The molecule has 0 amide bonds. The van der Waals surface area contributed by atoms with E-state index >= 15 is 0 Å². The van der Waals surface area contributed by atoms with Crippen LogP contribution in [0.5, 0.6) is 0 Å². The molecule has 0 radical (unpaired) electrons. The molecule has 0 saturated carbocycles. The minimum atomic E-state index is -2.22. The lowest BCUT2D eigenvalue weighted by Crippen LogP contribution is -2.00. The van der Waals surface area contributed by atoms with Gasteiger partial charge in [0.05, 0.1) is 12.7 Å². The Morgan fingerprint density at radius 1 is 1.00 bits per heavy atom. The van der Waals surface area contributed by atoms with Gasteiger partial charge in [-0.1, -0.05) is 24.3 Å². The number of hydrogen-bond donors (Lipinski definition) is 0. The second kappa shape index (κ2) is 5.77. The predicted octanol–water partition coefficient (Wildman–Crippen LogP) is 2.38. The fourth-order valence-corrected chi connectivity index (χ4v) is 2.03. The van der Waals surface area contributed by atoms with Crippen molar-refractivity contribution >= 4 is 17.0 Å². The number of rotatable bonds is 3. The molecule has 2 aromatic carbocycles. The van der Waals surface area contributed by atoms with Gasteiger partial charge in [-0.3, -0.25) is 4.21 Å². The van der Waals surface area contributed by atoms with E-state index in [9.17, 15) is 13.6 Å². The lowest BCUT2D eigenvalue weighted by atomic mass is 10.0.